The van der Waals surface area contributed by atoms with Gasteiger partial charge < -0.3 is 5.32 Å². The molecule has 0 saturated carbocycles. The minimum atomic E-state index is -0.677. The Kier molecular flexibility index (Phi) is 3.86. The highest BCUT2D eigenvalue weighted by Gasteiger charge is 2.40. The predicted molar refractivity (Wildman–Crippen MR) is 86.8 cm³/mol. The van der Waals surface area contributed by atoms with Crippen LogP contribution in [0.15, 0.2) is 42.5 Å². The van der Waals surface area contributed by atoms with Crippen molar-refractivity contribution >= 4 is 23.2 Å². The van der Waals surface area contributed by atoms with E-state index in [-0.39, 0.29) is 24.1 Å². The van der Waals surface area contributed by atoms with Crippen LogP contribution in [0.5, 0.6) is 0 Å². The smallest absolute Gasteiger partial charge is 0.256 e. The van der Waals surface area contributed by atoms with E-state index in [2.05, 4.69) is 5.32 Å². The van der Waals surface area contributed by atoms with Crippen LogP contribution in [0.25, 0.3) is 0 Å². The number of hydrogen-bond donors (Lipinski definition) is 1. The van der Waals surface area contributed by atoms with Crippen LogP contribution in [0.1, 0.15) is 17.5 Å². The number of para-hydroxylation sites is 1. The fraction of sp³-hybridized carbons (Fsp3) is 0.222. The first kappa shape index (κ1) is 15.2. The molecular weight excluding hydrogens is 295 g/mol. The number of imide groups is 1. The van der Waals surface area contributed by atoms with E-state index >= 15 is 0 Å². The first-order valence-corrected chi connectivity index (χ1v) is 7.42. The third kappa shape index (κ3) is 2.82. The summed E-state index contributed by atoms with van der Waals surface area (Å²) in [5.74, 6) is -0.915. The van der Waals surface area contributed by atoms with E-state index < -0.39 is 6.04 Å². The molecule has 1 aliphatic heterocycles. The van der Waals surface area contributed by atoms with Gasteiger partial charge in [-0.2, -0.15) is 0 Å². The van der Waals surface area contributed by atoms with Gasteiger partial charge in [-0.1, -0.05) is 24.3 Å². The van der Waals surface area contributed by atoms with Crippen LogP contribution in [-0.4, -0.2) is 17.9 Å². The van der Waals surface area contributed by atoms with Crippen LogP contribution in [0, 0.1) is 19.7 Å². The molecule has 4 nitrogen and oxygen atoms in total. The highest BCUT2D eigenvalue weighted by molar-refractivity contribution is 6.23. The van der Waals surface area contributed by atoms with Crippen LogP contribution in [0.2, 0.25) is 0 Å². The molecule has 1 aliphatic rings. The van der Waals surface area contributed by atoms with Gasteiger partial charge in [0.15, 0.2) is 0 Å². The highest BCUT2D eigenvalue weighted by Crippen LogP contribution is 2.27. The fourth-order valence-electron chi connectivity index (χ4n) is 2.70. The molecule has 0 radical (unpaired) electrons. The largest absolute Gasteiger partial charge is 0.373 e. The summed E-state index contributed by atoms with van der Waals surface area (Å²) in [6.45, 7) is 3.52. The van der Waals surface area contributed by atoms with Gasteiger partial charge in [0.2, 0.25) is 5.91 Å². The number of benzene rings is 2. The van der Waals surface area contributed by atoms with Crippen molar-refractivity contribution in [3.8, 4) is 0 Å². The summed E-state index contributed by atoms with van der Waals surface area (Å²) in [5, 5.41) is 2.96. The minimum Gasteiger partial charge on any atom is -0.373 e. The van der Waals surface area contributed by atoms with Gasteiger partial charge in [-0.05, 0) is 43.2 Å². The Labute approximate surface area is 133 Å². The molecule has 0 aromatic heterocycles. The number of hydrogen-bond acceptors (Lipinski definition) is 3. The van der Waals surface area contributed by atoms with E-state index in [1.165, 1.54) is 11.0 Å². The van der Waals surface area contributed by atoms with Crippen molar-refractivity contribution in [3.63, 3.8) is 0 Å². The minimum absolute atomic E-state index is 0.0582. The molecule has 1 heterocycles. The monoisotopic (exact) mass is 312 g/mol. The van der Waals surface area contributed by atoms with Crippen molar-refractivity contribution in [2.24, 2.45) is 0 Å². The van der Waals surface area contributed by atoms with Gasteiger partial charge >= 0.3 is 0 Å². The SMILES string of the molecule is Cc1ccc(N[C@H]2CC(=O)N(c3ccccc3C)C2=O)cc1F. The molecule has 118 valence electrons. The number of anilines is 2. The molecular formula is C18H17FN2O2. The predicted octanol–water partition coefficient (Wildman–Crippen LogP) is 3.19. The van der Waals surface area contributed by atoms with Crippen LogP contribution >= 0.6 is 0 Å². The van der Waals surface area contributed by atoms with Crippen molar-refractivity contribution in [1.29, 1.82) is 0 Å². The second kappa shape index (κ2) is 5.83. The Bertz CT molecular complexity index is 788. The van der Waals surface area contributed by atoms with Crippen LogP contribution in [-0.2, 0) is 9.59 Å². The van der Waals surface area contributed by atoms with Crippen LogP contribution < -0.4 is 10.2 Å². The molecule has 5 heteroatoms. The number of nitrogens with one attached hydrogen (secondary N) is 1. The maximum Gasteiger partial charge on any atom is 0.256 e. The van der Waals surface area contributed by atoms with E-state index in [1.807, 2.05) is 19.1 Å². The number of nitrogens with zero attached hydrogens (tertiary/aromatic N) is 1. The fourth-order valence-corrected chi connectivity index (χ4v) is 2.70. The third-order valence-electron chi connectivity index (χ3n) is 4.02. The maximum absolute atomic E-state index is 13.6. The number of amides is 2. The standard InChI is InChI=1S/C18H17FN2O2/c1-11-7-8-13(9-14(11)19)20-15-10-17(22)21(18(15)23)16-6-4-3-5-12(16)2/h3-9,15,20H,10H2,1-2H3/t15-/m0/s1. The molecule has 1 atom stereocenters. The zero-order chi connectivity index (χ0) is 16.6. The molecule has 0 aliphatic carbocycles. The molecule has 1 N–H and O–H groups in total. The Balaban J connectivity index is 1.84. The second-order valence-electron chi connectivity index (χ2n) is 5.72. The number of carbonyl (C=O) groups excluding carboxylic acids is 2. The van der Waals surface area contributed by atoms with Crippen molar-refractivity contribution in [2.75, 3.05) is 10.2 Å². The third-order valence-corrected chi connectivity index (χ3v) is 4.02. The lowest BCUT2D eigenvalue weighted by atomic mass is 10.1. The second-order valence-corrected chi connectivity index (χ2v) is 5.72. The van der Waals surface area contributed by atoms with Gasteiger partial charge in [0.05, 0.1) is 12.1 Å². The number of carbonyl (C=O) groups is 2. The summed E-state index contributed by atoms with van der Waals surface area (Å²) in [6.07, 6.45) is 0.0582. The lowest BCUT2D eigenvalue weighted by Crippen LogP contribution is -2.35. The summed E-state index contributed by atoms with van der Waals surface area (Å²) in [7, 11) is 0. The number of halogens is 1. The normalized spacial score (nSPS) is 17.7. The zero-order valence-corrected chi connectivity index (χ0v) is 13.0. The highest BCUT2D eigenvalue weighted by atomic mass is 19.1. The summed E-state index contributed by atoms with van der Waals surface area (Å²) in [5.41, 5.74) is 2.48. The molecule has 2 aromatic rings. The lowest BCUT2D eigenvalue weighted by Gasteiger charge is -2.18. The van der Waals surface area contributed by atoms with Gasteiger partial charge in [0.1, 0.15) is 11.9 Å². The van der Waals surface area contributed by atoms with Gasteiger partial charge in [-0.15, -0.1) is 0 Å². The molecule has 2 amide bonds. The molecule has 0 bridgehead atoms. The Morgan fingerprint density at radius 2 is 1.83 bits per heavy atom. The van der Waals surface area contributed by atoms with Gasteiger partial charge in [-0.3, -0.25) is 9.59 Å². The summed E-state index contributed by atoms with van der Waals surface area (Å²) < 4.78 is 13.6. The zero-order valence-electron chi connectivity index (χ0n) is 13.0. The molecule has 1 fully saturated rings. The summed E-state index contributed by atoms with van der Waals surface area (Å²) in [6, 6.07) is 11.2. The average molecular weight is 312 g/mol. The summed E-state index contributed by atoms with van der Waals surface area (Å²) >= 11 is 0. The maximum atomic E-state index is 13.6. The van der Waals surface area contributed by atoms with Gasteiger partial charge in [0.25, 0.3) is 5.91 Å². The average Bonchev–Trinajstić information content (AvgIpc) is 2.78. The van der Waals surface area contributed by atoms with Crippen molar-refractivity contribution in [2.45, 2.75) is 26.3 Å². The van der Waals surface area contributed by atoms with Gasteiger partial charge in [0, 0.05) is 5.69 Å². The van der Waals surface area contributed by atoms with E-state index in [9.17, 15) is 14.0 Å². The molecule has 3 rings (SSSR count). The van der Waals surface area contributed by atoms with Gasteiger partial charge in [-0.25, -0.2) is 9.29 Å². The Morgan fingerprint density at radius 1 is 1.09 bits per heavy atom. The van der Waals surface area contributed by atoms with Crippen molar-refractivity contribution in [1.82, 2.24) is 0 Å². The first-order chi connectivity index (χ1) is 11.0. The van der Waals surface area contributed by atoms with E-state index in [4.69, 9.17) is 0 Å². The van der Waals surface area contributed by atoms with Crippen molar-refractivity contribution < 1.29 is 14.0 Å². The Morgan fingerprint density at radius 3 is 2.52 bits per heavy atom. The Hall–Kier alpha value is -2.69. The van der Waals surface area contributed by atoms with E-state index in [1.54, 1.807) is 31.2 Å². The number of rotatable bonds is 3. The molecule has 2 aromatic carbocycles. The van der Waals surface area contributed by atoms with Crippen LogP contribution in [0.3, 0.4) is 0 Å². The molecule has 0 unspecified atom stereocenters. The number of aryl methyl sites for hydroxylation is 2. The quantitative estimate of drug-likeness (QED) is 0.886. The topological polar surface area (TPSA) is 49.4 Å². The molecule has 23 heavy (non-hydrogen) atoms. The van der Waals surface area contributed by atoms with Crippen LogP contribution in [0.4, 0.5) is 15.8 Å². The molecule has 1 saturated heterocycles. The molecule has 0 spiro atoms. The van der Waals surface area contributed by atoms with E-state index in [0.29, 0.717) is 16.9 Å². The van der Waals surface area contributed by atoms with Crippen molar-refractivity contribution in [3.05, 3.63) is 59.4 Å². The lowest BCUT2D eigenvalue weighted by molar-refractivity contribution is -0.121. The summed E-state index contributed by atoms with van der Waals surface area (Å²) in [4.78, 5) is 26.0. The van der Waals surface area contributed by atoms with E-state index in [0.717, 1.165) is 5.56 Å². The first-order valence-electron chi connectivity index (χ1n) is 7.42.